The van der Waals surface area contributed by atoms with Crippen LogP contribution in [0.5, 0.6) is 0 Å². The van der Waals surface area contributed by atoms with Crippen molar-refractivity contribution in [1.29, 1.82) is 0 Å². The molecule has 0 heteroatoms. The molecule has 1 unspecified atom stereocenters. The fraction of sp³-hybridized carbons (Fsp3) is 1.00. The average molecular weight is 210 g/mol. The van der Waals surface area contributed by atoms with Crippen molar-refractivity contribution in [2.75, 3.05) is 0 Å². The minimum Gasteiger partial charge on any atom is -0.0651 e. The smallest absolute Gasteiger partial charge is 0.0386 e. The van der Waals surface area contributed by atoms with Crippen LogP contribution in [0.15, 0.2) is 0 Å². The number of hydrogen-bond donors (Lipinski definition) is 0. The van der Waals surface area contributed by atoms with Gasteiger partial charge in [0.1, 0.15) is 0 Å². The van der Waals surface area contributed by atoms with Crippen molar-refractivity contribution >= 4 is 0 Å². The van der Waals surface area contributed by atoms with Crippen LogP contribution >= 0.6 is 0 Å². The summed E-state index contributed by atoms with van der Waals surface area (Å²) < 4.78 is 0. The Kier molecular flexibility index (Phi) is 5.71. The summed E-state index contributed by atoms with van der Waals surface area (Å²) in [5.74, 6) is 3.98. The summed E-state index contributed by atoms with van der Waals surface area (Å²) in [6.07, 6.45) is 10.3. The lowest BCUT2D eigenvalue weighted by molar-refractivity contribution is 0.192. The van der Waals surface area contributed by atoms with Crippen LogP contribution < -0.4 is 0 Å². The molecule has 0 aromatic heterocycles. The summed E-state index contributed by atoms with van der Waals surface area (Å²) in [6.45, 7) is 9.53. The fourth-order valence-electron chi connectivity index (χ4n) is 3.08. The van der Waals surface area contributed by atoms with Crippen molar-refractivity contribution in [3.63, 3.8) is 0 Å². The largest absolute Gasteiger partial charge is 0.0651 e. The van der Waals surface area contributed by atoms with E-state index in [0.29, 0.717) is 0 Å². The Labute approximate surface area is 96.8 Å². The van der Waals surface area contributed by atoms with Gasteiger partial charge in [0.15, 0.2) is 0 Å². The van der Waals surface area contributed by atoms with Gasteiger partial charge in [0.05, 0.1) is 0 Å². The highest BCUT2D eigenvalue weighted by atomic mass is 14.3. The molecule has 0 heterocycles. The average Bonchev–Trinajstić information content (AvgIpc) is 2.21. The molecule has 0 nitrogen and oxygen atoms in total. The van der Waals surface area contributed by atoms with E-state index in [1.54, 1.807) is 0 Å². The standard InChI is InChI=1S/C15H30/c1-5-14(9-6-12(2)3)15-10-7-13(4)8-11-15/h12-15H,5-11H2,1-4H3. The molecule has 0 bridgehead atoms. The predicted octanol–water partition coefficient (Wildman–Crippen LogP) is 5.28. The van der Waals surface area contributed by atoms with Gasteiger partial charge in [0.25, 0.3) is 0 Å². The van der Waals surface area contributed by atoms with E-state index in [-0.39, 0.29) is 0 Å². The van der Waals surface area contributed by atoms with Gasteiger partial charge in [-0.3, -0.25) is 0 Å². The van der Waals surface area contributed by atoms with Gasteiger partial charge in [0.2, 0.25) is 0 Å². The third-order valence-electron chi connectivity index (χ3n) is 4.37. The molecule has 1 aliphatic rings. The molecular formula is C15H30. The number of rotatable bonds is 5. The normalized spacial score (nSPS) is 29.4. The molecule has 90 valence electrons. The van der Waals surface area contributed by atoms with Gasteiger partial charge in [-0.1, -0.05) is 53.4 Å². The second-order valence-corrected chi connectivity index (χ2v) is 6.16. The van der Waals surface area contributed by atoms with Gasteiger partial charge in [0, 0.05) is 0 Å². The maximum Gasteiger partial charge on any atom is -0.0386 e. The van der Waals surface area contributed by atoms with Crippen LogP contribution in [0.1, 0.15) is 72.6 Å². The Hall–Kier alpha value is 0. The van der Waals surface area contributed by atoms with Crippen LogP contribution in [0.4, 0.5) is 0 Å². The van der Waals surface area contributed by atoms with Gasteiger partial charge in [-0.2, -0.15) is 0 Å². The summed E-state index contributed by atoms with van der Waals surface area (Å²) in [6, 6.07) is 0. The van der Waals surface area contributed by atoms with Gasteiger partial charge in [-0.15, -0.1) is 0 Å². The van der Waals surface area contributed by atoms with E-state index in [2.05, 4.69) is 27.7 Å². The fourth-order valence-corrected chi connectivity index (χ4v) is 3.08. The Morgan fingerprint density at radius 3 is 2.07 bits per heavy atom. The molecule has 1 fully saturated rings. The highest BCUT2D eigenvalue weighted by Gasteiger charge is 2.24. The minimum absolute atomic E-state index is 0.890. The van der Waals surface area contributed by atoms with Crippen molar-refractivity contribution in [3.8, 4) is 0 Å². The first-order valence-electron chi connectivity index (χ1n) is 7.13. The van der Waals surface area contributed by atoms with Crippen LogP contribution in [-0.2, 0) is 0 Å². The zero-order valence-corrected chi connectivity index (χ0v) is 11.3. The monoisotopic (exact) mass is 210 g/mol. The first-order valence-corrected chi connectivity index (χ1v) is 7.13. The second kappa shape index (κ2) is 6.55. The van der Waals surface area contributed by atoms with Crippen LogP contribution in [0.3, 0.4) is 0 Å². The SMILES string of the molecule is CCC(CCC(C)C)C1CCC(C)CC1. The number of hydrogen-bond acceptors (Lipinski definition) is 0. The first kappa shape index (κ1) is 13.1. The topological polar surface area (TPSA) is 0 Å². The summed E-state index contributed by atoms with van der Waals surface area (Å²) in [5.41, 5.74) is 0. The summed E-state index contributed by atoms with van der Waals surface area (Å²) in [5, 5.41) is 0. The molecule has 0 radical (unpaired) electrons. The molecule has 1 aliphatic carbocycles. The molecule has 1 saturated carbocycles. The van der Waals surface area contributed by atoms with Gasteiger partial charge < -0.3 is 0 Å². The molecule has 0 aromatic rings. The van der Waals surface area contributed by atoms with E-state index in [1.165, 1.54) is 44.9 Å². The zero-order valence-electron chi connectivity index (χ0n) is 11.3. The highest BCUT2D eigenvalue weighted by Crippen LogP contribution is 2.36. The van der Waals surface area contributed by atoms with E-state index >= 15 is 0 Å². The Morgan fingerprint density at radius 2 is 1.60 bits per heavy atom. The van der Waals surface area contributed by atoms with Crippen molar-refractivity contribution in [1.82, 2.24) is 0 Å². The summed E-state index contributed by atoms with van der Waals surface area (Å²) in [4.78, 5) is 0. The molecule has 0 aromatic carbocycles. The maximum absolute atomic E-state index is 2.42. The van der Waals surface area contributed by atoms with Crippen LogP contribution in [0.25, 0.3) is 0 Å². The highest BCUT2D eigenvalue weighted by molar-refractivity contribution is 4.76. The minimum atomic E-state index is 0.890. The molecule has 0 aliphatic heterocycles. The van der Waals surface area contributed by atoms with Crippen molar-refractivity contribution < 1.29 is 0 Å². The first-order chi connectivity index (χ1) is 7.13. The molecular weight excluding hydrogens is 180 g/mol. The zero-order chi connectivity index (χ0) is 11.3. The lowest BCUT2D eigenvalue weighted by Crippen LogP contribution is -2.20. The molecule has 1 atom stereocenters. The van der Waals surface area contributed by atoms with Gasteiger partial charge in [-0.05, 0) is 42.9 Å². The Bertz CT molecular complexity index is 151. The molecule has 1 rings (SSSR count). The Morgan fingerprint density at radius 1 is 1.00 bits per heavy atom. The quantitative estimate of drug-likeness (QED) is 0.579. The predicted molar refractivity (Wildman–Crippen MR) is 69.0 cm³/mol. The van der Waals surface area contributed by atoms with Gasteiger partial charge in [-0.25, -0.2) is 0 Å². The summed E-state index contributed by atoms with van der Waals surface area (Å²) in [7, 11) is 0. The van der Waals surface area contributed by atoms with E-state index in [9.17, 15) is 0 Å². The van der Waals surface area contributed by atoms with E-state index in [0.717, 1.165) is 23.7 Å². The second-order valence-electron chi connectivity index (χ2n) is 6.16. The molecule has 0 saturated heterocycles. The Balaban J connectivity index is 2.31. The molecule has 15 heavy (non-hydrogen) atoms. The molecule has 0 N–H and O–H groups in total. The van der Waals surface area contributed by atoms with Crippen molar-refractivity contribution in [2.24, 2.45) is 23.7 Å². The lowest BCUT2D eigenvalue weighted by atomic mass is 9.73. The van der Waals surface area contributed by atoms with E-state index in [4.69, 9.17) is 0 Å². The third-order valence-corrected chi connectivity index (χ3v) is 4.37. The van der Waals surface area contributed by atoms with Gasteiger partial charge >= 0.3 is 0 Å². The lowest BCUT2D eigenvalue weighted by Gasteiger charge is -2.32. The van der Waals surface area contributed by atoms with E-state index in [1.807, 2.05) is 0 Å². The van der Waals surface area contributed by atoms with Crippen molar-refractivity contribution in [2.45, 2.75) is 72.6 Å². The van der Waals surface area contributed by atoms with Crippen molar-refractivity contribution in [3.05, 3.63) is 0 Å². The van der Waals surface area contributed by atoms with E-state index < -0.39 is 0 Å². The summed E-state index contributed by atoms with van der Waals surface area (Å²) >= 11 is 0. The van der Waals surface area contributed by atoms with Crippen LogP contribution in [0, 0.1) is 23.7 Å². The van der Waals surface area contributed by atoms with Crippen LogP contribution in [0.2, 0.25) is 0 Å². The third kappa shape index (κ3) is 4.57. The molecule has 0 spiro atoms. The van der Waals surface area contributed by atoms with Crippen LogP contribution in [-0.4, -0.2) is 0 Å². The molecule has 0 amide bonds. The maximum atomic E-state index is 2.42.